The third-order valence-corrected chi connectivity index (χ3v) is 10.2. The van der Waals surface area contributed by atoms with E-state index in [0.717, 1.165) is 18.1 Å². The molecular formula is C21H45N2O2PS2. The van der Waals surface area contributed by atoms with Crippen LogP contribution in [0.2, 0.25) is 0 Å². The molecule has 0 bridgehead atoms. The van der Waals surface area contributed by atoms with Crippen molar-refractivity contribution in [3.63, 3.8) is 0 Å². The molecule has 168 valence electrons. The summed E-state index contributed by atoms with van der Waals surface area (Å²) in [7, 11) is -0.820. The number of carbonyl (C=O) groups excluding carboxylic acids is 1. The first-order valence-corrected chi connectivity index (χ1v) is 13.8. The molecule has 0 fully saturated rings. The molecule has 0 heterocycles. The van der Waals surface area contributed by atoms with E-state index in [9.17, 15) is 4.79 Å². The Morgan fingerprint density at radius 2 is 1.36 bits per heavy atom. The van der Waals surface area contributed by atoms with Crippen molar-refractivity contribution in [2.75, 3.05) is 18.1 Å². The van der Waals surface area contributed by atoms with E-state index in [2.05, 4.69) is 78.6 Å². The van der Waals surface area contributed by atoms with Gasteiger partial charge in [0, 0.05) is 46.8 Å². The standard InChI is InChI=1S/C21H45N2O2PS2/c1-12-20(24)27-15-21(10,11)28-14-13-25-26(22(16(2)3)17(4)5)23(18(6)7)19(8)9/h16-19H,12-15H2,1-11H3. The van der Waals surface area contributed by atoms with E-state index in [4.69, 9.17) is 4.52 Å². The zero-order valence-corrected chi connectivity index (χ0v) is 22.6. The van der Waals surface area contributed by atoms with Crippen molar-refractivity contribution < 1.29 is 9.32 Å². The van der Waals surface area contributed by atoms with Crippen LogP contribution in [0.1, 0.15) is 82.6 Å². The van der Waals surface area contributed by atoms with Crippen LogP contribution in [0.25, 0.3) is 0 Å². The smallest absolute Gasteiger partial charge is 0.188 e. The van der Waals surface area contributed by atoms with Gasteiger partial charge in [0.2, 0.25) is 0 Å². The fourth-order valence-corrected chi connectivity index (χ4v) is 7.48. The van der Waals surface area contributed by atoms with Gasteiger partial charge in [-0.2, -0.15) is 11.8 Å². The van der Waals surface area contributed by atoms with Crippen LogP contribution < -0.4 is 0 Å². The van der Waals surface area contributed by atoms with E-state index in [-0.39, 0.29) is 9.86 Å². The Morgan fingerprint density at radius 1 is 0.929 bits per heavy atom. The quantitative estimate of drug-likeness (QED) is 0.217. The number of rotatable bonds is 14. The van der Waals surface area contributed by atoms with Gasteiger partial charge in [0.25, 0.3) is 0 Å². The largest absolute Gasteiger partial charge is 0.330 e. The molecule has 7 heteroatoms. The third kappa shape index (κ3) is 10.6. The maximum Gasteiger partial charge on any atom is 0.188 e. The van der Waals surface area contributed by atoms with Gasteiger partial charge in [0.05, 0.1) is 6.61 Å². The Bertz CT molecular complexity index is 410. The number of thioether (sulfide) groups is 2. The summed E-state index contributed by atoms with van der Waals surface area (Å²) in [5, 5.41) is 0.280. The molecule has 0 spiro atoms. The number of carbonyl (C=O) groups is 1. The third-order valence-electron chi connectivity index (χ3n) is 4.16. The summed E-state index contributed by atoms with van der Waals surface area (Å²) in [5.41, 5.74) is 0. The summed E-state index contributed by atoms with van der Waals surface area (Å²) in [6.45, 7) is 25.2. The fourth-order valence-electron chi connectivity index (χ4n) is 3.07. The van der Waals surface area contributed by atoms with Gasteiger partial charge < -0.3 is 4.52 Å². The predicted octanol–water partition coefficient (Wildman–Crippen LogP) is 6.65. The fraction of sp³-hybridized carbons (Fsp3) is 0.952. The van der Waals surface area contributed by atoms with Crippen LogP contribution in [-0.2, 0) is 9.32 Å². The number of hydrogen-bond acceptors (Lipinski definition) is 6. The van der Waals surface area contributed by atoms with Gasteiger partial charge in [0.15, 0.2) is 13.6 Å². The summed E-state index contributed by atoms with van der Waals surface area (Å²) in [4.78, 5) is 11.6. The van der Waals surface area contributed by atoms with Gasteiger partial charge in [-0.3, -0.25) is 4.79 Å². The van der Waals surface area contributed by atoms with Crippen LogP contribution in [0, 0.1) is 0 Å². The SMILES string of the molecule is CCC(=O)SCC(C)(C)SCCOP(N(C(C)C)C(C)C)N(C(C)C)C(C)C. The molecule has 0 aromatic carbocycles. The lowest BCUT2D eigenvalue weighted by Gasteiger charge is -2.45. The van der Waals surface area contributed by atoms with Crippen LogP contribution in [0.4, 0.5) is 0 Å². The molecular weight excluding hydrogens is 407 g/mol. The molecule has 4 nitrogen and oxygen atoms in total. The van der Waals surface area contributed by atoms with Crippen LogP contribution >= 0.6 is 32.0 Å². The number of hydrogen-bond donors (Lipinski definition) is 0. The minimum absolute atomic E-state index is 0.0766. The van der Waals surface area contributed by atoms with Gasteiger partial charge in [-0.25, -0.2) is 9.34 Å². The molecule has 0 amide bonds. The normalized spacial score (nSPS) is 13.4. The Balaban J connectivity index is 5.00. The molecule has 0 N–H and O–H groups in total. The Hall–Kier alpha value is 0.680. The van der Waals surface area contributed by atoms with Crippen molar-refractivity contribution in [3.8, 4) is 0 Å². The molecule has 0 aromatic heterocycles. The van der Waals surface area contributed by atoms with E-state index in [1.165, 1.54) is 11.8 Å². The molecule has 0 aliphatic heterocycles. The molecule has 0 aromatic rings. The summed E-state index contributed by atoms with van der Waals surface area (Å²) >= 11 is 3.37. The average Bonchev–Trinajstić information content (AvgIpc) is 2.55. The van der Waals surface area contributed by atoms with Crippen molar-refractivity contribution in [1.82, 2.24) is 9.34 Å². The molecule has 0 radical (unpaired) electrons. The maximum atomic E-state index is 11.6. The minimum Gasteiger partial charge on any atom is -0.330 e. The molecule has 0 rings (SSSR count). The predicted molar refractivity (Wildman–Crippen MR) is 131 cm³/mol. The van der Waals surface area contributed by atoms with Gasteiger partial charge in [-0.1, -0.05) is 18.7 Å². The molecule has 28 heavy (non-hydrogen) atoms. The van der Waals surface area contributed by atoms with Gasteiger partial charge in [0.1, 0.15) is 0 Å². The summed E-state index contributed by atoms with van der Waals surface area (Å²) < 4.78 is 11.7. The van der Waals surface area contributed by atoms with Crippen molar-refractivity contribution in [3.05, 3.63) is 0 Å². The van der Waals surface area contributed by atoms with Crippen LogP contribution in [-0.4, -0.2) is 61.5 Å². The molecule has 0 saturated heterocycles. The molecule has 0 atom stereocenters. The average molecular weight is 453 g/mol. The van der Waals surface area contributed by atoms with Crippen molar-refractivity contribution in [2.45, 2.75) is 111 Å². The summed E-state index contributed by atoms with van der Waals surface area (Å²) in [6.07, 6.45) is 0.610. The Morgan fingerprint density at radius 3 is 1.71 bits per heavy atom. The lowest BCUT2D eigenvalue weighted by Crippen LogP contribution is -2.43. The van der Waals surface area contributed by atoms with E-state index < -0.39 is 8.45 Å². The molecule has 0 unspecified atom stereocenters. The lowest BCUT2D eigenvalue weighted by molar-refractivity contribution is -0.110. The first-order valence-electron chi connectivity index (χ1n) is 10.6. The first-order chi connectivity index (χ1) is 12.8. The highest BCUT2D eigenvalue weighted by molar-refractivity contribution is 8.14. The van der Waals surface area contributed by atoms with Crippen molar-refractivity contribution >= 4 is 37.1 Å². The second kappa shape index (κ2) is 13.9. The second-order valence-corrected chi connectivity index (χ2v) is 13.4. The molecule has 0 aliphatic rings. The second-order valence-electron chi connectivity index (χ2n) is 8.84. The highest BCUT2D eigenvalue weighted by Crippen LogP contribution is 2.50. The minimum atomic E-state index is -0.820. The van der Waals surface area contributed by atoms with Crippen molar-refractivity contribution in [2.24, 2.45) is 0 Å². The molecule has 0 aliphatic carbocycles. The lowest BCUT2D eigenvalue weighted by atomic mass is 10.2. The van der Waals surface area contributed by atoms with Crippen molar-refractivity contribution in [1.29, 1.82) is 0 Å². The van der Waals surface area contributed by atoms with E-state index >= 15 is 0 Å². The monoisotopic (exact) mass is 452 g/mol. The Labute approximate surface area is 185 Å². The van der Waals surface area contributed by atoms with E-state index in [1.54, 1.807) is 0 Å². The zero-order chi connectivity index (χ0) is 22.1. The summed E-state index contributed by atoms with van der Waals surface area (Å²) in [5.74, 6) is 1.80. The van der Waals surface area contributed by atoms with E-state index in [0.29, 0.717) is 30.6 Å². The van der Waals surface area contributed by atoms with E-state index in [1.807, 2.05) is 18.7 Å². The number of nitrogens with zero attached hydrogens (tertiary/aromatic N) is 2. The van der Waals surface area contributed by atoms with Crippen LogP contribution in [0.15, 0.2) is 0 Å². The highest BCUT2D eigenvalue weighted by atomic mass is 32.2. The van der Waals surface area contributed by atoms with Gasteiger partial charge in [-0.05, 0) is 69.2 Å². The van der Waals surface area contributed by atoms with Crippen LogP contribution in [0.3, 0.4) is 0 Å². The first kappa shape index (κ1) is 28.7. The highest BCUT2D eigenvalue weighted by Gasteiger charge is 2.34. The molecule has 0 saturated carbocycles. The Kier molecular flexibility index (Phi) is 14.2. The van der Waals surface area contributed by atoms with Gasteiger partial charge in [-0.15, -0.1) is 0 Å². The zero-order valence-electron chi connectivity index (χ0n) is 20.1. The summed E-state index contributed by atoms with van der Waals surface area (Å²) in [6, 6.07) is 1.75. The topological polar surface area (TPSA) is 32.8 Å². The maximum absolute atomic E-state index is 11.6. The van der Waals surface area contributed by atoms with Gasteiger partial charge >= 0.3 is 0 Å². The van der Waals surface area contributed by atoms with Crippen LogP contribution in [0.5, 0.6) is 0 Å².